The van der Waals surface area contributed by atoms with Gasteiger partial charge in [-0.25, -0.2) is 19.3 Å². The van der Waals surface area contributed by atoms with E-state index in [9.17, 15) is 14.7 Å². The number of halogens is 1. The summed E-state index contributed by atoms with van der Waals surface area (Å²) in [6.07, 6.45) is -0.857. The van der Waals surface area contributed by atoms with Gasteiger partial charge in [0.2, 0.25) is 5.95 Å². The number of hydrogen-bond acceptors (Lipinski definition) is 5. The van der Waals surface area contributed by atoms with E-state index in [2.05, 4.69) is 20.2 Å². The number of benzene rings is 3. The van der Waals surface area contributed by atoms with Gasteiger partial charge in [0, 0.05) is 36.0 Å². The summed E-state index contributed by atoms with van der Waals surface area (Å²) in [5, 5.41) is 17.2. The lowest BCUT2D eigenvalue weighted by atomic mass is 9.97. The zero-order valence-corrected chi connectivity index (χ0v) is 18.8. The number of aromatic nitrogens is 4. The van der Waals surface area contributed by atoms with E-state index in [1.165, 1.54) is 20.2 Å². The summed E-state index contributed by atoms with van der Waals surface area (Å²) in [5.41, 5.74) is 3.03. The molecule has 0 aliphatic rings. The molecule has 0 saturated carbocycles. The second-order valence-electron chi connectivity index (χ2n) is 8.00. The van der Waals surface area contributed by atoms with Crippen LogP contribution in [0.2, 0.25) is 0 Å². The van der Waals surface area contributed by atoms with Crippen LogP contribution in [0.5, 0.6) is 5.75 Å². The van der Waals surface area contributed by atoms with Crippen LogP contribution in [-0.4, -0.2) is 45.5 Å². The Hall–Kier alpha value is -4.73. The number of carbonyl (C=O) groups is 1. The predicted octanol–water partition coefficient (Wildman–Crippen LogP) is 4.32. The van der Waals surface area contributed by atoms with Crippen molar-refractivity contribution < 1.29 is 19.0 Å². The highest BCUT2D eigenvalue weighted by Crippen LogP contribution is 2.33. The van der Waals surface area contributed by atoms with E-state index in [0.717, 1.165) is 4.90 Å². The maximum Gasteiger partial charge on any atom is 0.413 e. The molecule has 10 heteroatoms. The number of methoxy groups -OCH3 is 1. The maximum absolute atomic E-state index is 15.1. The van der Waals surface area contributed by atoms with Gasteiger partial charge in [-0.15, -0.1) is 0 Å². The van der Waals surface area contributed by atoms with Crippen LogP contribution >= 0.6 is 0 Å². The quantitative estimate of drug-likeness (QED) is 0.349. The average Bonchev–Trinajstić information content (AvgIpc) is 3.29. The number of fused-ring (bicyclic) bond motifs is 2. The average molecular weight is 473 g/mol. The van der Waals surface area contributed by atoms with E-state index in [1.54, 1.807) is 36.4 Å². The van der Waals surface area contributed by atoms with Gasteiger partial charge in [-0.1, -0.05) is 24.3 Å². The molecule has 5 aromatic rings. The topological polar surface area (TPSA) is 124 Å². The van der Waals surface area contributed by atoms with Gasteiger partial charge in [-0.2, -0.15) is 5.10 Å². The number of imidazole rings is 1. The van der Waals surface area contributed by atoms with Crippen molar-refractivity contribution in [2.75, 3.05) is 19.1 Å². The summed E-state index contributed by atoms with van der Waals surface area (Å²) < 4.78 is 20.6. The third-order valence-electron chi connectivity index (χ3n) is 5.89. The number of anilines is 1. The third kappa shape index (κ3) is 3.95. The predicted molar refractivity (Wildman–Crippen MR) is 130 cm³/mol. The molecule has 0 aliphatic heterocycles. The summed E-state index contributed by atoms with van der Waals surface area (Å²) in [6, 6.07) is 15.3. The van der Waals surface area contributed by atoms with E-state index in [4.69, 9.17) is 4.74 Å². The van der Waals surface area contributed by atoms with Gasteiger partial charge in [0.15, 0.2) is 0 Å². The smallest absolute Gasteiger partial charge is 0.413 e. The zero-order valence-electron chi connectivity index (χ0n) is 18.8. The molecule has 2 heterocycles. The van der Waals surface area contributed by atoms with Gasteiger partial charge in [0.1, 0.15) is 11.6 Å². The molecule has 1 amide bonds. The van der Waals surface area contributed by atoms with E-state index in [1.807, 2.05) is 12.1 Å². The second kappa shape index (κ2) is 8.56. The van der Waals surface area contributed by atoms with E-state index in [0.29, 0.717) is 56.4 Å². The molecule has 0 saturated heterocycles. The van der Waals surface area contributed by atoms with E-state index < -0.39 is 11.9 Å². The summed E-state index contributed by atoms with van der Waals surface area (Å²) in [6.45, 7) is 0. The minimum absolute atomic E-state index is 0.163. The number of hydrogen-bond donors (Lipinski definition) is 3. The first-order valence-electron chi connectivity index (χ1n) is 10.6. The number of nitrogens with zero attached hydrogens (tertiary/aromatic N) is 3. The van der Waals surface area contributed by atoms with Crippen LogP contribution in [0.3, 0.4) is 0 Å². The van der Waals surface area contributed by atoms with Gasteiger partial charge in [0.05, 0.1) is 29.2 Å². The highest BCUT2D eigenvalue weighted by Gasteiger charge is 2.17. The van der Waals surface area contributed by atoms with Crippen molar-refractivity contribution in [1.82, 2.24) is 20.2 Å². The maximum atomic E-state index is 15.1. The van der Waals surface area contributed by atoms with Gasteiger partial charge >= 0.3 is 6.09 Å². The van der Waals surface area contributed by atoms with Crippen LogP contribution in [0.25, 0.3) is 32.9 Å². The number of H-pyrrole nitrogens is 2. The second-order valence-corrected chi connectivity index (χ2v) is 8.00. The molecule has 0 spiro atoms. The molecule has 9 nitrogen and oxygen atoms in total. The van der Waals surface area contributed by atoms with E-state index >= 15 is 4.39 Å². The van der Waals surface area contributed by atoms with Gasteiger partial charge < -0.3 is 14.8 Å². The van der Waals surface area contributed by atoms with Crippen molar-refractivity contribution >= 4 is 33.8 Å². The van der Waals surface area contributed by atoms with Crippen molar-refractivity contribution in [2.24, 2.45) is 0 Å². The van der Waals surface area contributed by atoms with Crippen LogP contribution in [0, 0.1) is 5.82 Å². The van der Waals surface area contributed by atoms with Gasteiger partial charge in [-0.3, -0.25) is 9.69 Å². The zero-order chi connectivity index (χ0) is 24.7. The SMILES string of the molecule is COc1cc(F)c(-c2ccc3[nH]c(N(C)C(=O)O)nc3c2)cc1Cc1n[nH]c(=O)c2ccccc12. The van der Waals surface area contributed by atoms with Crippen LogP contribution < -0.4 is 15.2 Å². The molecule has 3 aromatic carbocycles. The Morgan fingerprint density at radius 1 is 1.14 bits per heavy atom. The largest absolute Gasteiger partial charge is 0.496 e. The molecule has 0 fully saturated rings. The molecular formula is C25H20FN5O4. The molecule has 0 radical (unpaired) electrons. The number of ether oxygens (including phenoxy) is 1. The first-order valence-corrected chi connectivity index (χ1v) is 10.6. The molecule has 3 N–H and O–H groups in total. The van der Waals surface area contributed by atoms with Gasteiger partial charge in [-0.05, 0) is 29.8 Å². The first kappa shape index (κ1) is 22.1. The summed E-state index contributed by atoms with van der Waals surface area (Å²) in [4.78, 5) is 31.6. The normalized spacial score (nSPS) is 11.2. The Bertz CT molecular complexity index is 1660. The van der Waals surface area contributed by atoms with Crippen molar-refractivity contribution in [3.05, 3.63) is 82.0 Å². The Morgan fingerprint density at radius 3 is 2.66 bits per heavy atom. The lowest BCUT2D eigenvalue weighted by Gasteiger charge is -2.13. The van der Waals surface area contributed by atoms with Crippen molar-refractivity contribution in [3.8, 4) is 16.9 Å². The number of carboxylic acid groups (broad SMARTS) is 1. The summed E-state index contributed by atoms with van der Waals surface area (Å²) in [7, 11) is 2.84. The number of amides is 1. The fourth-order valence-corrected chi connectivity index (χ4v) is 4.05. The summed E-state index contributed by atoms with van der Waals surface area (Å²) >= 11 is 0. The van der Waals surface area contributed by atoms with Crippen LogP contribution in [-0.2, 0) is 6.42 Å². The standard InChI is InChI=1S/C25H20FN5O4/c1-31(25(33)34)24-27-19-8-7-13(10-21(19)28-24)17-9-14(22(35-2)12-18(17)26)11-20-15-5-3-4-6-16(15)23(32)30-29-20/h3-10,12H,11H2,1-2H3,(H,27,28)(H,30,32)(H,33,34). The van der Waals surface area contributed by atoms with Crippen molar-refractivity contribution in [2.45, 2.75) is 6.42 Å². The Morgan fingerprint density at radius 2 is 1.91 bits per heavy atom. The fraction of sp³-hybridized carbons (Fsp3) is 0.120. The molecule has 0 aliphatic carbocycles. The highest BCUT2D eigenvalue weighted by atomic mass is 19.1. The Labute approximate surface area is 197 Å². The molecule has 0 bridgehead atoms. The minimum Gasteiger partial charge on any atom is -0.496 e. The van der Waals surface area contributed by atoms with Gasteiger partial charge in [0.25, 0.3) is 5.56 Å². The Kier molecular flexibility index (Phi) is 5.40. The van der Waals surface area contributed by atoms with E-state index in [-0.39, 0.29) is 11.5 Å². The fourth-order valence-electron chi connectivity index (χ4n) is 4.05. The molecule has 0 unspecified atom stereocenters. The van der Waals surface area contributed by atoms with Crippen molar-refractivity contribution in [1.29, 1.82) is 0 Å². The highest BCUT2D eigenvalue weighted by molar-refractivity contribution is 5.89. The van der Waals surface area contributed by atoms with Crippen LogP contribution in [0.15, 0.2) is 59.4 Å². The number of rotatable bonds is 5. The lowest BCUT2D eigenvalue weighted by molar-refractivity contribution is 0.203. The Balaban J connectivity index is 1.59. The molecule has 5 rings (SSSR count). The summed E-state index contributed by atoms with van der Waals surface area (Å²) in [5.74, 6) is 0.0359. The monoisotopic (exact) mass is 473 g/mol. The minimum atomic E-state index is -1.15. The van der Waals surface area contributed by atoms with Crippen molar-refractivity contribution in [3.63, 3.8) is 0 Å². The number of nitrogens with one attached hydrogen (secondary N) is 2. The number of aromatic amines is 2. The van der Waals surface area contributed by atoms with Crippen LogP contribution in [0.4, 0.5) is 15.1 Å². The molecule has 0 atom stereocenters. The molecule has 176 valence electrons. The lowest BCUT2D eigenvalue weighted by Crippen LogP contribution is -2.24. The first-order chi connectivity index (χ1) is 16.9. The molecule has 2 aromatic heterocycles. The third-order valence-corrected chi connectivity index (χ3v) is 5.89. The van der Waals surface area contributed by atoms with Crippen LogP contribution in [0.1, 0.15) is 11.3 Å². The molecule has 35 heavy (non-hydrogen) atoms. The molecular weight excluding hydrogens is 453 g/mol.